The van der Waals surface area contributed by atoms with Crippen molar-refractivity contribution in [3.8, 4) is 0 Å². The van der Waals surface area contributed by atoms with Gasteiger partial charge >= 0.3 is 0 Å². The molecule has 2 fully saturated rings. The highest BCUT2D eigenvalue weighted by molar-refractivity contribution is 8.06. The molecule has 1 N–H and O–H groups in total. The minimum atomic E-state index is 0.0243. The molecule has 0 radical (unpaired) electrons. The first kappa shape index (κ1) is 10.6. The van der Waals surface area contributed by atoms with Crippen LogP contribution in [0.2, 0.25) is 0 Å². The van der Waals surface area contributed by atoms with Crippen molar-refractivity contribution in [2.75, 3.05) is 30.5 Å². The van der Waals surface area contributed by atoms with Gasteiger partial charge in [0.15, 0.2) is 0 Å². The predicted molar refractivity (Wildman–Crippen MR) is 62.7 cm³/mol. The Labute approximate surface area is 93.4 Å². The summed E-state index contributed by atoms with van der Waals surface area (Å²) in [5, 5.41) is 3.81. The van der Waals surface area contributed by atoms with Crippen LogP contribution < -0.4 is 5.32 Å². The monoisotopic (exact) mass is 232 g/mol. The molecule has 2 unspecified atom stereocenters. The van der Waals surface area contributed by atoms with Crippen molar-refractivity contribution in [1.82, 2.24) is 10.2 Å². The van der Waals surface area contributed by atoms with E-state index in [9.17, 15) is 4.79 Å². The lowest BCUT2D eigenvalue weighted by Crippen LogP contribution is -2.36. The second kappa shape index (κ2) is 4.77. The molecule has 2 aliphatic rings. The first-order valence-corrected chi connectivity index (χ1v) is 7.19. The third-order valence-electron chi connectivity index (χ3n) is 2.58. The summed E-state index contributed by atoms with van der Waals surface area (Å²) in [6.45, 7) is 3.60. The maximum absolute atomic E-state index is 11.6. The fourth-order valence-electron chi connectivity index (χ4n) is 1.73. The molecule has 2 rings (SSSR count). The van der Waals surface area contributed by atoms with Gasteiger partial charge in [-0.25, -0.2) is 0 Å². The molecule has 14 heavy (non-hydrogen) atoms. The fourth-order valence-corrected chi connectivity index (χ4v) is 4.41. The van der Waals surface area contributed by atoms with Crippen LogP contribution in [0, 0.1) is 0 Å². The molecule has 0 saturated carbocycles. The van der Waals surface area contributed by atoms with Gasteiger partial charge in [-0.05, 0) is 6.92 Å². The molecular formula is C9H16N2OS2. The largest absolute Gasteiger partial charge is 0.327 e. The summed E-state index contributed by atoms with van der Waals surface area (Å²) in [5.74, 6) is 3.97. The average Bonchev–Trinajstić information content (AvgIpc) is 2.52. The second-order valence-corrected chi connectivity index (χ2v) is 6.27. The van der Waals surface area contributed by atoms with Crippen LogP contribution in [-0.4, -0.2) is 52.6 Å². The van der Waals surface area contributed by atoms with Crippen LogP contribution in [0.1, 0.15) is 6.92 Å². The molecule has 0 aromatic heterocycles. The summed E-state index contributed by atoms with van der Waals surface area (Å²) in [4.78, 5) is 13.6. The number of amides is 1. The smallest absolute Gasteiger partial charge is 0.240 e. The first-order chi connectivity index (χ1) is 6.77. The Morgan fingerprint density at radius 3 is 3.00 bits per heavy atom. The van der Waals surface area contributed by atoms with Crippen LogP contribution >= 0.6 is 23.5 Å². The van der Waals surface area contributed by atoms with Gasteiger partial charge in [-0.1, -0.05) is 0 Å². The lowest BCUT2D eigenvalue weighted by atomic mass is 10.3. The normalized spacial score (nSPS) is 33.8. The molecular weight excluding hydrogens is 216 g/mol. The fraction of sp³-hybridized carbons (Fsp3) is 0.889. The average molecular weight is 232 g/mol. The molecule has 2 aliphatic heterocycles. The number of carbonyl (C=O) groups excluding carboxylic acids is 1. The van der Waals surface area contributed by atoms with Gasteiger partial charge < -0.3 is 4.90 Å². The number of nitrogens with one attached hydrogen (secondary N) is 1. The van der Waals surface area contributed by atoms with Crippen molar-refractivity contribution < 1.29 is 4.79 Å². The van der Waals surface area contributed by atoms with Crippen molar-refractivity contribution in [3.05, 3.63) is 0 Å². The summed E-state index contributed by atoms with van der Waals surface area (Å²) < 4.78 is 0. The SMILES string of the molecule is CC1NCN(CC2CSCCS2)C1=O. The minimum absolute atomic E-state index is 0.0243. The summed E-state index contributed by atoms with van der Waals surface area (Å²) in [5.41, 5.74) is 0. The standard InChI is InChI=1S/C9H16N2OS2/c1-7-9(12)11(6-10-7)4-8-5-13-2-3-14-8/h7-8,10H,2-6H2,1H3. The predicted octanol–water partition coefficient (Wildman–Crippen LogP) is 0.613. The Morgan fingerprint density at radius 1 is 1.57 bits per heavy atom. The maximum Gasteiger partial charge on any atom is 0.240 e. The van der Waals surface area contributed by atoms with Gasteiger partial charge in [0, 0.05) is 29.1 Å². The molecule has 1 amide bonds. The topological polar surface area (TPSA) is 32.3 Å². The second-order valence-electron chi connectivity index (χ2n) is 3.71. The zero-order valence-corrected chi connectivity index (χ0v) is 10.00. The lowest BCUT2D eigenvalue weighted by molar-refractivity contribution is -0.128. The van der Waals surface area contributed by atoms with E-state index in [1.807, 2.05) is 35.3 Å². The molecule has 0 aromatic carbocycles. The maximum atomic E-state index is 11.6. The van der Waals surface area contributed by atoms with E-state index in [1.54, 1.807) is 0 Å². The number of carbonyl (C=O) groups is 1. The molecule has 5 heteroatoms. The van der Waals surface area contributed by atoms with E-state index in [0.717, 1.165) is 13.2 Å². The molecule has 0 aromatic rings. The molecule has 0 bridgehead atoms. The van der Waals surface area contributed by atoms with Gasteiger partial charge in [-0.15, -0.1) is 0 Å². The van der Waals surface area contributed by atoms with Crippen LogP contribution in [-0.2, 0) is 4.79 Å². The van der Waals surface area contributed by atoms with Gasteiger partial charge in [0.1, 0.15) is 0 Å². The van der Waals surface area contributed by atoms with E-state index in [1.165, 1.54) is 17.3 Å². The molecule has 3 nitrogen and oxygen atoms in total. The number of thioether (sulfide) groups is 2. The quantitative estimate of drug-likeness (QED) is 0.756. The van der Waals surface area contributed by atoms with Crippen molar-refractivity contribution in [3.63, 3.8) is 0 Å². The summed E-state index contributed by atoms with van der Waals surface area (Å²) in [6.07, 6.45) is 0. The Balaban J connectivity index is 1.82. The van der Waals surface area contributed by atoms with E-state index in [-0.39, 0.29) is 11.9 Å². The minimum Gasteiger partial charge on any atom is -0.327 e. The summed E-state index contributed by atoms with van der Waals surface area (Å²) in [7, 11) is 0. The van der Waals surface area contributed by atoms with E-state index in [4.69, 9.17) is 0 Å². The van der Waals surface area contributed by atoms with E-state index in [2.05, 4.69) is 5.32 Å². The highest BCUT2D eigenvalue weighted by Gasteiger charge is 2.29. The van der Waals surface area contributed by atoms with Crippen LogP contribution in [0.3, 0.4) is 0 Å². The van der Waals surface area contributed by atoms with Crippen LogP contribution in [0.25, 0.3) is 0 Å². The van der Waals surface area contributed by atoms with Crippen molar-refractivity contribution in [2.45, 2.75) is 18.2 Å². The molecule has 2 atom stereocenters. The molecule has 0 aliphatic carbocycles. The Morgan fingerprint density at radius 2 is 2.43 bits per heavy atom. The van der Waals surface area contributed by atoms with Crippen molar-refractivity contribution >= 4 is 29.4 Å². The van der Waals surface area contributed by atoms with E-state index < -0.39 is 0 Å². The third kappa shape index (κ3) is 2.38. The Bertz CT molecular complexity index is 219. The van der Waals surface area contributed by atoms with Gasteiger partial charge in [0.05, 0.1) is 12.7 Å². The molecule has 0 spiro atoms. The van der Waals surface area contributed by atoms with Crippen molar-refractivity contribution in [1.29, 1.82) is 0 Å². The van der Waals surface area contributed by atoms with Gasteiger partial charge in [0.25, 0.3) is 0 Å². The van der Waals surface area contributed by atoms with Crippen LogP contribution in [0.4, 0.5) is 0 Å². The summed E-state index contributed by atoms with van der Waals surface area (Å²) >= 11 is 4.02. The number of hydrogen-bond acceptors (Lipinski definition) is 4. The molecule has 2 heterocycles. The highest BCUT2D eigenvalue weighted by Crippen LogP contribution is 2.25. The zero-order chi connectivity index (χ0) is 9.97. The summed E-state index contributed by atoms with van der Waals surface area (Å²) in [6, 6.07) is 0.0243. The number of nitrogens with zero attached hydrogens (tertiary/aromatic N) is 1. The first-order valence-electron chi connectivity index (χ1n) is 4.99. The zero-order valence-electron chi connectivity index (χ0n) is 8.36. The third-order valence-corrected chi connectivity index (χ3v) is 5.41. The van der Waals surface area contributed by atoms with E-state index in [0.29, 0.717) is 5.25 Å². The van der Waals surface area contributed by atoms with Gasteiger partial charge in [0.2, 0.25) is 5.91 Å². The van der Waals surface area contributed by atoms with Crippen LogP contribution in [0.15, 0.2) is 0 Å². The van der Waals surface area contributed by atoms with E-state index >= 15 is 0 Å². The molecule has 2 saturated heterocycles. The van der Waals surface area contributed by atoms with Crippen LogP contribution in [0.5, 0.6) is 0 Å². The molecule has 80 valence electrons. The lowest BCUT2D eigenvalue weighted by Gasteiger charge is -2.25. The van der Waals surface area contributed by atoms with Gasteiger partial charge in [-0.3, -0.25) is 10.1 Å². The Kier molecular flexibility index (Phi) is 3.62. The number of hydrogen-bond donors (Lipinski definition) is 1. The van der Waals surface area contributed by atoms with Gasteiger partial charge in [-0.2, -0.15) is 23.5 Å². The van der Waals surface area contributed by atoms with Crippen molar-refractivity contribution in [2.24, 2.45) is 0 Å². The Hall–Kier alpha value is 0.130. The highest BCUT2D eigenvalue weighted by atomic mass is 32.2. The number of rotatable bonds is 2.